The molecule has 0 saturated heterocycles. The average Bonchev–Trinajstić information content (AvgIpc) is 2.40. The van der Waals surface area contributed by atoms with E-state index in [0.717, 1.165) is 10.2 Å². The number of ether oxygens (including phenoxy) is 2. The van der Waals surface area contributed by atoms with E-state index < -0.39 is 0 Å². The molecule has 0 aromatic heterocycles. The van der Waals surface area contributed by atoms with Crippen LogP contribution >= 0.6 is 15.9 Å². The zero-order chi connectivity index (χ0) is 12.8. The van der Waals surface area contributed by atoms with Crippen molar-refractivity contribution >= 4 is 21.6 Å². The van der Waals surface area contributed by atoms with Crippen LogP contribution in [-0.4, -0.2) is 13.2 Å². The third-order valence-electron chi connectivity index (χ3n) is 2.33. The van der Waals surface area contributed by atoms with E-state index in [-0.39, 0.29) is 0 Å². The Morgan fingerprint density at radius 2 is 1.67 bits per heavy atom. The molecule has 4 heteroatoms. The molecule has 18 heavy (non-hydrogen) atoms. The second-order valence-electron chi connectivity index (χ2n) is 3.69. The van der Waals surface area contributed by atoms with Gasteiger partial charge in [-0.2, -0.15) is 0 Å². The number of hydrogen-bond donors (Lipinski definition) is 1. The Morgan fingerprint density at radius 1 is 0.944 bits per heavy atom. The van der Waals surface area contributed by atoms with Crippen LogP contribution in [-0.2, 0) is 0 Å². The fraction of sp³-hybridized carbons (Fsp3) is 0.143. The number of para-hydroxylation sites is 1. The summed E-state index contributed by atoms with van der Waals surface area (Å²) in [4.78, 5) is 0. The SMILES string of the molecule is Nc1ccc(Br)cc1OCCOc1ccccc1. The zero-order valence-corrected chi connectivity index (χ0v) is 11.4. The monoisotopic (exact) mass is 307 g/mol. The van der Waals surface area contributed by atoms with Crippen molar-refractivity contribution in [3.63, 3.8) is 0 Å². The van der Waals surface area contributed by atoms with Gasteiger partial charge < -0.3 is 15.2 Å². The molecule has 3 nitrogen and oxygen atoms in total. The molecule has 0 heterocycles. The number of benzene rings is 2. The first kappa shape index (κ1) is 12.8. The molecule has 2 rings (SSSR count). The Hall–Kier alpha value is -1.68. The Kier molecular flexibility index (Phi) is 4.47. The first-order valence-electron chi connectivity index (χ1n) is 5.61. The molecule has 0 fully saturated rings. The maximum Gasteiger partial charge on any atom is 0.143 e. The van der Waals surface area contributed by atoms with Crippen LogP contribution < -0.4 is 15.2 Å². The normalized spacial score (nSPS) is 10.1. The Bertz CT molecular complexity index is 502. The van der Waals surface area contributed by atoms with E-state index in [4.69, 9.17) is 15.2 Å². The van der Waals surface area contributed by atoms with Gasteiger partial charge in [-0.05, 0) is 30.3 Å². The minimum absolute atomic E-state index is 0.454. The van der Waals surface area contributed by atoms with Crippen LogP contribution in [0.5, 0.6) is 11.5 Å². The number of anilines is 1. The molecule has 0 aliphatic heterocycles. The van der Waals surface area contributed by atoms with E-state index in [0.29, 0.717) is 24.7 Å². The van der Waals surface area contributed by atoms with Crippen LogP contribution in [0.1, 0.15) is 0 Å². The van der Waals surface area contributed by atoms with Crippen molar-refractivity contribution in [1.82, 2.24) is 0 Å². The fourth-order valence-corrected chi connectivity index (χ4v) is 1.80. The summed E-state index contributed by atoms with van der Waals surface area (Å²) >= 11 is 3.38. The van der Waals surface area contributed by atoms with E-state index in [1.165, 1.54) is 0 Å². The Labute approximate surface area is 115 Å². The van der Waals surface area contributed by atoms with E-state index in [1.807, 2.05) is 42.5 Å². The highest BCUT2D eigenvalue weighted by molar-refractivity contribution is 9.10. The van der Waals surface area contributed by atoms with E-state index in [2.05, 4.69) is 15.9 Å². The van der Waals surface area contributed by atoms with Gasteiger partial charge in [0.15, 0.2) is 0 Å². The summed E-state index contributed by atoms with van der Waals surface area (Å²) in [6.07, 6.45) is 0. The molecule has 0 bridgehead atoms. The van der Waals surface area contributed by atoms with Gasteiger partial charge in [0.25, 0.3) is 0 Å². The Balaban J connectivity index is 1.80. The minimum atomic E-state index is 0.454. The van der Waals surface area contributed by atoms with E-state index in [1.54, 1.807) is 6.07 Å². The molecule has 2 aromatic rings. The predicted molar refractivity (Wildman–Crippen MR) is 76.0 cm³/mol. The molecule has 0 aliphatic carbocycles. The summed E-state index contributed by atoms with van der Waals surface area (Å²) in [5.41, 5.74) is 6.42. The molecule has 94 valence electrons. The quantitative estimate of drug-likeness (QED) is 0.679. The number of halogens is 1. The van der Waals surface area contributed by atoms with Crippen LogP contribution in [0.2, 0.25) is 0 Å². The molecule has 0 atom stereocenters. The minimum Gasteiger partial charge on any atom is -0.490 e. The molecule has 0 radical (unpaired) electrons. The van der Waals surface area contributed by atoms with Crippen molar-refractivity contribution in [2.24, 2.45) is 0 Å². The molecule has 0 unspecified atom stereocenters. The van der Waals surface area contributed by atoms with Gasteiger partial charge in [0.1, 0.15) is 24.7 Å². The maximum atomic E-state index is 5.80. The summed E-state index contributed by atoms with van der Waals surface area (Å²) in [7, 11) is 0. The topological polar surface area (TPSA) is 44.5 Å². The van der Waals surface area contributed by atoms with Crippen LogP contribution in [0.15, 0.2) is 53.0 Å². The second-order valence-corrected chi connectivity index (χ2v) is 4.61. The smallest absolute Gasteiger partial charge is 0.143 e. The number of hydrogen-bond acceptors (Lipinski definition) is 3. The lowest BCUT2D eigenvalue weighted by atomic mass is 10.3. The van der Waals surface area contributed by atoms with Gasteiger partial charge in [-0.25, -0.2) is 0 Å². The zero-order valence-electron chi connectivity index (χ0n) is 9.80. The third-order valence-corrected chi connectivity index (χ3v) is 2.82. The summed E-state index contributed by atoms with van der Waals surface area (Å²) in [5, 5.41) is 0. The van der Waals surface area contributed by atoms with Crippen molar-refractivity contribution in [2.75, 3.05) is 18.9 Å². The van der Waals surface area contributed by atoms with Crippen molar-refractivity contribution in [3.05, 3.63) is 53.0 Å². The molecule has 0 spiro atoms. The highest BCUT2D eigenvalue weighted by Crippen LogP contribution is 2.25. The van der Waals surface area contributed by atoms with Crippen LogP contribution in [0.25, 0.3) is 0 Å². The van der Waals surface area contributed by atoms with Crippen molar-refractivity contribution < 1.29 is 9.47 Å². The van der Waals surface area contributed by atoms with Gasteiger partial charge in [-0.3, -0.25) is 0 Å². The van der Waals surface area contributed by atoms with Gasteiger partial charge in [0, 0.05) is 4.47 Å². The van der Waals surface area contributed by atoms with Crippen LogP contribution in [0, 0.1) is 0 Å². The molecular formula is C14H14BrNO2. The molecule has 0 saturated carbocycles. The van der Waals surface area contributed by atoms with Crippen molar-refractivity contribution in [1.29, 1.82) is 0 Å². The second kappa shape index (κ2) is 6.31. The number of nitrogen functional groups attached to an aromatic ring is 1. The maximum absolute atomic E-state index is 5.80. The first-order chi connectivity index (χ1) is 8.75. The summed E-state index contributed by atoms with van der Waals surface area (Å²) in [6, 6.07) is 15.2. The molecule has 2 N–H and O–H groups in total. The standard InChI is InChI=1S/C14H14BrNO2/c15-11-6-7-13(16)14(10-11)18-9-8-17-12-4-2-1-3-5-12/h1-7,10H,8-9,16H2. The predicted octanol–water partition coefficient (Wildman–Crippen LogP) is 3.49. The van der Waals surface area contributed by atoms with Crippen molar-refractivity contribution in [2.45, 2.75) is 0 Å². The molecular weight excluding hydrogens is 294 g/mol. The van der Waals surface area contributed by atoms with Gasteiger partial charge >= 0.3 is 0 Å². The van der Waals surface area contributed by atoms with Crippen LogP contribution in [0.3, 0.4) is 0 Å². The van der Waals surface area contributed by atoms with Gasteiger partial charge in [0.2, 0.25) is 0 Å². The number of rotatable bonds is 5. The summed E-state index contributed by atoms with van der Waals surface area (Å²) in [5.74, 6) is 1.50. The van der Waals surface area contributed by atoms with Gasteiger partial charge in [-0.15, -0.1) is 0 Å². The largest absolute Gasteiger partial charge is 0.490 e. The van der Waals surface area contributed by atoms with Crippen LogP contribution in [0.4, 0.5) is 5.69 Å². The van der Waals surface area contributed by atoms with E-state index >= 15 is 0 Å². The fourth-order valence-electron chi connectivity index (χ4n) is 1.46. The third kappa shape index (κ3) is 3.67. The summed E-state index contributed by atoms with van der Waals surface area (Å²) in [6.45, 7) is 0.936. The van der Waals surface area contributed by atoms with Gasteiger partial charge in [-0.1, -0.05) is 34.1 Å². The molecule has 0 amide bonds. The highest BCUT2D eigenvalue weighted by Gasteiger charge is 2.01. The lowest BCUT2D eigenvalue weighted by molar-refractivity contribution is 0.218. The summed E-state index contributed by atoms with van der Waals surface area (Å²) < 4.78 is 12.0. The average molecular weight is 308 g/mol. The molecule has 2 aromatic carbocycles. The highest BCUT2D eigenvalue weighted by atomic mass is 79.9. The number of nitrogens with two attached hydrogens (primary N) is 1. The van der Waals surface area contributed by atoms with Crippen molar-refractivity contribution in [3.8, 4) is 11.5 Å². The lowest BCUT2D eigenvalue weighted by Crippen LogP contribution is -2.09. The molecule has 0 aliphatic rings. The van der Waals surface area contributed by atoms with Gasteiger partial charge in [0.05, 0.1) is 5.69 Å². The first-order valence-corrected chi connectivity index (χ1v) is 6.40. The van der Waals surface area contributed by atoms with E-state index in [9.17, 15) is 0 Å². The lowest BCUT2D eigenvalue weighted by Gasteiger charge is -2.10. The Morgan fingerprint density at radius 3 is 2.44 bits per heavy atom.